The standard InChI is InChI=1S/C24H19FN4O6/c25-17-3-1-2-4-18(17)27-20(30)12-35-19-8-7-16(29(33)34)10-15(19)11-26-28-23(31)21-13-5-6-14(9-13)22(21)24(28)32/h1-8,10-11,13-14,21-22H,9,12H2,(H,27,30). The van der Waals surface area contributed by atoms with Crippen LogP contribution in [0.25, 0.3) is 0 Å². The summed E-state index contributed by atoms with van der Waals surface area (Å²) >= 11 is 0. The monoisotopic (exact) mass is 478 g/mol. The number of amides is 3. The van der Waals surface area contributed by atoms with Crippen LogP contribution in [0, 0.1) is 39.6 Å². The minimum absolute atomic E-state index is 0.0197. The van der Waals surface area contributed by atoms with Crippen molar-refractivity contribution in [2.45, 2.75) is 6.42 Å². The van der Waals surface area contributed by atoms with E-state index >= 15 is 0 Å². The molecule has 178 valence electrons. The lowest BCUT2D eigenvalue weighted by Crippen LogP contribution is -2.28. The van der Waals surface area contributed by atoms with Crippen LogP contribution >= 0.6 is 0 Å². The van der Waals surface area contributed by atoms with Crippen LogP contribution < -0.4 is 10.1 Å². The summed E-state index contributed by atoms with van der Waals surface area (Å²) in [5.74, 6) is -2.83. The van der Waals surface area contributed by atoms with Crippen molar-refractivity contribution in [1.82, 2.24) is 5.01 Å². The van der Waals surface area contributed by atoms with Crippen LogP contribution in [0.15, 0.2) is 59.7 Å². The lowest BCUT2D eigenvalue weighted by Gasteiger charge is -2.13. The zero-order valence-corrected chi connectivity index (χ0v) is 18.2. The molecule has 0 radical (unpaired) electrons. The summed E-state index contributed by atoms with van der Waals surface area (Å²) in [6.07, 6.45) is 5.83. The average Bonchev–Trinajstić information content (AvgIpc) is 3.52. The Morgan fingerprint density at radius 1 is 1.17 bits per heavy atom. The predicted octanol–water partition coefficient (Wildman–Crippen LogP) is 2.89. The van der Waals surface area contributed by atoms with Gasteiger partial charge in [-0.25, -0.2) is 4.39 Å². The van der Waals surface area contributed by atoms with Crippen molar-refractivity contribution in [3.8, 4) is 5.75 Å². The van der Waals surface area contributed by atoms with Gasteiger partial charge in [-0.05, 0) is 36.5 Å². The number of hydrogen-bond donors (Lipinski definition) is 1. The summed E-state index contributed by atoms with van der Waals surface area (Å²) < 4.78 is 19.2. The third-order valence-electron chi connectivity index (χ3n) is 6.47. The molecular formula is C24H19FN4O6. The number of imide groups is 1. The number of para-hydroxylation sites is 1. The van der Waals surface area contributed by atoms with Crippen molar-refractivity contribution >= 4 is 35.3 Å². The summed E-state index contributed by atoms with van der Waals surface area (Å²) in [4.78, 5) is 48.5. The molecule has 1 N–H and O–H groups in total. The van der Waals surface area contributed by atoms with Crippen LogP contribution in [0.5, 0.6) is 5.75 Å². The number of nitrogens with zero attached hydrogens (tertiary/aromatic N) is 3. The SMILES string of the molecule is O=C(COc1ccc([N+](=O)[O-])cc1C=NN1C(=O)C2C3C=CC(C3)C2C1=O)Nc1ccccc1F. The molecule has 1 heterocycles. The van der Waals surface area contributed by atoms with E-state index in [0.717, 1.165) is 23.7 Å². The van der Waals surface area contributed by atoms with Crippen molar-refractivity contribution in [2.75, 3.05) is 11.9 Å². The smallest absolute Gasteiger partial charge is 0.270 e. The first-order valence-corrected chi connectivity index (χ1v) is 10.9. The molecule has 10 nitrogen and oxygen atoms in total. The molecule has 11 heteroatoms. The molecule has 35 heavy (non-hydrogen) atoms. The Labute approximate surface area is 198 Å². The second kappa shape index (κ2) is 8.75. The number of benzene rings is 2. The van der Waals surface area contributed by atoms with Crippen LogP contribution in [-0.2, 0) is 14.4 Å². The van der Waals surface area contributed by atoms with Gasteiger partial charge < -0.3 is 10.1 Å². The highest BCUT2D eigenvalue weighted by Crippen LogP contribution is 2.52. The molecule has 4 atom stereocenters. The Balaban J connectivity index is 1.33. The van der Waals surface area contributed by atoms with E-state index in [0.29, 0.717) is 0 Å². The zero-order chi connectivity index (χ0) is 24.7. The molecule has 3 amide bonds. The first-order chi connectivity index (χ1) is 16.8. The van der Waals surface area contributed by atoms with Gasteiger partial charge >= 0.3 is 0 Å². The van der Waals surface area contributed by atoms with Gasteiger partial charge in [0.1, 0.15) is 11.6 Å². The Hall–Kier alpha value is -4.41. The Bertz CT molecular complexity index is 1280. The van der Waals surface area contributed by atoms with E-state index in [1.165, 1.54) is 30.3 Å². The number of carbonyl (C=O) groups excluding carboxylic acids is 3. The Kier molecular flexibility index (Phi) is 5.59. The first kappa shape index (κ1) is 22.4. The van der Waals surface area contributed by atoms with Crippen LogP contribution in [-0.4, -0.2) is 40.5 Å². The number of hydrogen-bond acceptors (Lipinski definition) is 7. The zero-order valence-electron chi connectivity index (χ0n) is 18.2. The van der Waals surface area contributed by atoms with Crippen molar-refractivity contribution < 1.29 is 28.4 Å². The van der Waals surface area contributed by atoms with E-state index < -0.39 is 46.9 Å². The molecule has 1 aliphatic heterocycles. The fourth-order valence-electron chi connectivity index (χ4n) is 4.89. The summed E-state index contributed by atoms with van der Waals surface area (Å²) in [7, 11) is 0. The number of nitro groups is 1. The van der Waals surface area contributed by atoms with E-state index in [1.54, 1.807) is 6.07 Å². The second-order valence-corrected chi connectivity index (χ2v) is 8.53. The molecule has 3 aliphatic rings. The van der Waals surface area contributed by atoms with E-state index in [2.05, 4.69) is 10.4 Å². The molecule has 1 saturated carbocycles. The van der Waals surface area contributed by atoms with Crippen LogP contribution in [0.1, 0.15) is 12.0 Å². The Morgan fingerprint density at radius 3 is 2.51 bits per heavy atom. The second-order valence-electron chi connectivity index (χ2n) is 8.53. The molecule has 0 aromatic heterocycles. The van der Waals surface area contributed by atoms with Gasteiger partial charge in [-0.15, -0.1) is 0 Å². The van der Waals surface area contributed by atoms with Crippen molar-refractivity contribution in [3.63, 3.8) is 0 Å². The van der Waals surface area contributed by atoms with Crippen LogP contribution in [0.4, 0.5) is 15.8 Å². The maximum atomic E-state index is 13.7. The topological polar surface area (TPSA) is 131 Å². The van der Waals surface area contributed by atoms with Gasteiger partial charge in [0.2, 0.25) is 0 Å². The van der Waals surface area contributed by atoms with Gasteiger partial charge in [0.15, 0.2) is 6.61 Å². The fraction of sp³-hybridized carbons (Fsp3) is 0.250. The molecule has 2 aromatic carbocycles. The number of rotatable bonds is 7. The van der Waals surface area contributed by atoms with Gasteiger partial charge in [-0.1, -0.05) is 24.3 Å². The first-order valence-electron chi connectivity index (χ1n) is 10.9. The number of ether oxygens (including phenoxy) is 1. The van der Waals surface area contributed by atoms with E-state index in [4.69, 9.17) is 4.74 Å². The van der Waals surface area contributed by atoms with Crippen molar-refractivity contribution in [3.05, 3.63) is 76.1 Å². The number of non-ortho nitro benzene ring substituents is 1. The molecule has 2 bridgehead atoms. The van der Waals surface area contributed by atoms with Crippen LogP contribution in [0.2, 0.25) is 0 Å². The summed E-state index contributed by atoms with van der Waals surface area (Å²) in [5.41, 5.74) is -0.198. The summed E-state index contributed by atoms with van der Waals surface area (Å²) in [6, 6.07) is 9.24. The van der Waals surface area contributed by atoms with Crippen LogP contribution in [0.3, 0.4) is 0 Å². The van der Waals surface area contributed by atoms with Gasteiger partial charge in [-0.2, -0.15) is 10.1 Å². The van der Waals surface area contributed by atoms with Gasteiger partial charge in [0.25, 0.3) is 23.4 Å². The van der Waals surface area contributed by atoms with E-state index in [-0.39, 0.29) is 34.5 Å². The highest BCUT2D eigenvalue weighted by molar-refractivity contribution is 6.07. The van der Waals surface area contributed by atoms with Crippen molar-refractivity contribution in [2.24, 2.45) is 28.8 Å². The number of hydrazone groups is 1. The maximum absolute atomic E-state index is 13.7. The molecule has 2 aromatic rings. The minimum Gasteiger partial charge on any atom is -0.483 e. The molecular weight excluding hydrogens is 459 g/mol. The van der Waals surface area contributed by atoms with E-state index in [1.807, 2.05) is 12.2 Å². The summed E-state index contributed by atoms with van der Waals surface area (Å²) in [5, 5.41) is 18.5. The Morgan fingerprint density at radius 2 is 1.86 bits per heavy atom. The largest absolute Gasteiger partial charge is 0.483 e. The average molecular weight is 478 g/mol. The molecule has 5 rings (SSSR count). The number of nitro benzene ring substituents is 1. The molecule has 1 saturated heterocycles. The van der Waals surface area contributed by atoms with Crippen molar-refractivity contribution in [1.29, 1.82) is 0 Å². The number of nitrogens with one attached hydrogen (secondary N) is 1. The number of carbonyl (C=O) groups is 3. The molecule has 4 unspecified atom stereocenters. The number of anilines is 1. The number of halogens is 1. The lowest BCUT2D eigenvalue weighted by molar-refractivity contribution is -0.384. The number of allylic oxidation sites excluding steroid dienone is 2. The minimum atomic E-state index is -0.656. The highest BCUT2D eigenvalue weighted by atomic mass is 19.1. The number of fused-ring (bicyclic) bond motifs is 5. The summed E-state index contributed by atoms with van der Waals surface area (Å²) in [6.45, 7) is -0.520. The lowest BCUT2D eigenvalue weighted by atomic mass is 9.85. The quantitative estimate of drug-likeness (QED) is 0.214. The normalized spacial score (nSPS) is 24.3. The van der Waals surface area contributed by atoms with Gasteiger partial charge in [0, 0.05) is 17.7 Å². The predicted molar refractivity (Wildman–Crippen MR) is 121 cm³/mol. The van der Waals surface area contributed by atoms with Gasteiger partial charge in [0.05, 0.1) is 28.7 Å². The third kappa shape index (κ3) is 4.05. The van der Waals surface area contributed by atoms with E-state index in [9.17, 15) is 28.9 Å². The van der Waals surface area contributed by atoms with Gasteiger partial charge in [-0.3, -0.25) is 24.5 Å². The molecule has 2 fully saturated rings. The maximum Gasteiger partial charge on any atom is 0.270 e. The highest BCUT2D eigenvalue weighted by Gasteiger charge is 2.59. The molecule has 0 spiro atoms. The fourth-order valence-corrected chi connectivity index (χ4v) is 4.89. The molecule has 2 aliphatic carbocycles. The third-order valence-corrected chi connectivity index (χ3v) is 6.47.